The average molecular weight is 488 g/mol. The first kappa shape index (κ1) is 22.7. The highest BCUT2D eigenvalue weighted by Gasteiger charge is 2.33. The van der Waals surface area contributed by atoms with E-state index in [0.717, 1.165) is 25.7 Å². The van der Waals surface area contributed by atoms with Gasteiger partial charge in [-0.2, -0.15) is 0 Å². The Morgan fingerprint density at radius 1 is 1.24 bits per heavy atom. The van der Waals surface area contributed by atoms with Gasteiger partial charge in [0.2, 0.25) is 0 Å². The van der Waals surface area contributed by atoms with E-state index >= 15 is 0 Å². The summed E-state index contributed by atoms with van der Waals surface area (Å²) in [7, 11) is 0. The third-order valence-electron chi connectivity index (χ3n) is 6.29. The molecule has 1 aliphatic carbocycles. The van der Waals surface area contributed by atoms with Gasteiger partial charge in [0, 0.05) is 30.7 Å². The highest BCUT2D eigenvalue weighted by atomic mass is 35.5. The minimum absolute atomic E-state index is 0.0111. The van der Waals surface area contributed by atoms with Gasteiger partial charge in [-0.1, -0.05) is 11.6 Å². The van der Waals surface area contributed by atoms with Gasteiger partial charge < -0.3 is 14.6 Å². The van der Waals surface area contributed by atoms with Crippen LogP contribution in [0.25, 0.3) is 10.9 Å². The first-order valence-electron chi connectivity index (χ1n) is 11.2. The molecule has 1 N–H and O–H groups in total. The first-order valence-corrected chi connectivity index (χ1v) is 11.6. The summed E-state index contributed by atoms with van der Waals surface area (Å²) in [5.41, 5.74) is 0.0964. The second kappa shape index (κ2) is 8.96. The monoisotopic (exact) mass is 487 g/mol. The number of carboxylic acid groups (broad SMARTS) is 1. The number of nitrogens with zero attached hydrogens (tertiary/aromatic N) is 3. The van der Waals surface area contributed by atoms with Crippen molar-refractivity contribution in [2.75, 3.05) is 13.2 Å². The van der Waals surface area contributed by atoms with E-state index in [2.05, 4.69) is 4.98 Å². The van der Waals surface area contributed by atoms with Crippen LogP contribution in [0.15, 0.2) is 29.1 Å². The minimum atomic E-state index is -1.30. The zero-order valence-corrected chi connectivity index (χ0v) is 19.2. The predicted octanol–water partition coefficient (Wildman–Crippen LogP) is 4.65. The fourth-order valence-electron chi connectivity index (χ4n) is 4.47. The number of hydrogen-bond donors (Lipinski definition) is 1. The fraction of sp³-hybridized carbons (Fsp3) is 0.417. The number of hydrogen-bond acceptors (Lipinski definition) is 6. The maximum absolute atomic E-state index is 14.7. The molecule has 2 fully saturated rings. The molecule has 3 aromatic rings. The summed E-state index contributed by atoms with van der Waals surface area (Å²) in [4.78, 5) is 33.8. The Labute approximate surface area is 199 Å². The van der Waals surface area contributed by atoms with E-state index in [1.807, 2.05) is 0 Å². The van der Waals surface area contributed by atoms with Crippen LogP contribution in [-0.2, 0) is 4.74 Å². The molecular formula is C24H23ClFN3O5. The molecule has 3 heterocycles. The number of pyridine rings is 1. The number of ether oxygens (including phenoxy) is 2. The molecule has 1 atom stereocenters. The van der Waals surface area contributed by atoms with E-state index in [9.17, 15) is 19.1 Å². The van der Waals surface area contributed by atoms with Crippen LogP contribution in [0.5, 0.6) is 5.75 Å². The summed E-state index contributed by atoms with van der Waals surface area (Å²) in [6, 6.07) is 5.38. The molecule has 0 bridgehead atoms. The highest BCUT2D eigenvalue weighted by Crippen LogP contribution is 2.39. The molecule has 10 heteroatoms. The summed E-state index contributed by atoms with van der Waals surface area (Å²) in [6.45, 7) is 2.85. The quantitative estimate of drug-likeness (QED) is 0.504. The summed E-state index contributed by atoms with van der Waals surface area (Å²) in [6.07, 6.45) is 2.49. The van der Waals surface area contributed by atoms with Gasteiger partial charge >= 0.3 is 5.97 Å². The summed E-state index contributed by atoms with van der Waals surface area (Å²) in [5.74, 6) is -1.15. The van der Waals surface area contributed by atoms with Crippen LogP contribution < -0.4 is 10.3 Å². The molecular weight excluding hydrogens is 465 g/mol. The van der Waals surface area contributed by atoms with Crippen molar-refractivity contribution in [3.8, 4) is 5.75 Å². The molecule has 0 unspecified atom stereocenters. The third-order valence-corrected chi connectivity index (χ3v) is 6.50. The second-order valence-electron chi connectivity index (χ2n) is 8.70. The van der Waals surface area contributed by atoms with Crippen molar-refractivity contribution in [1.82, 2.24) is 14.5 Å². The van der Waals surface area contributed by atoms with Crippen molar-refractivity contribution in [2.45, 2.75) is 50.7 Å². The Morgan fingerprint density at radius 3 is 2.65 bits per heavy atom. The number of aromatic carboxylic acids is 1. The van der Waals surface area contributed by atoms with Crippen LogP contribution in [0.4, 0.5) is 4.39 Å². The third kappa shape index (κ3) is 4.25. The molecule has 1 saturated heterocycles. The van der Waals surface area contributed by atoms with E-state index in [1.54, 1.807) is 11.5 Å². The Balaban J connectivity index is 1.63. The molecule has 0 spiro atoms. The standard InChI is InChI=1S/C24H23ClFN3O5/c1-12(34-18-4-5-19(25)27-21(18)24(31)32)16-10-14(26)11-17-20(16)28-22(13-6-8-33-9-7-13)29(23(17)30)15-2-3-15/h4-5,10-13,15H,2-3,6-9H2,1H3,(H,31,32)/t12-/m1/s1. The van der Waals surface area contributed by atoms with Crippen LogP contribution in [0.2, 0.25) is 5.15 Å². The molecule has 1 aliphatic heterocycles. The Morgan fingerprint density at radius 2 is 1.97 bits per heavy atom. The van der Waals surface area contributed by atoms with Gasteiger partial charge in [-0.25, -0.2) is 19.2 Å². The first-order chi connectivity index (χ1) is 16.3. The Hall–Kier alpha value is -3.04. The molecule has 178 valence electrons. The molecule has 0 amide bonds. The van der Waals surface area contributed by atoms with Crippen molar-refractivity contribution in [1.29, 1.82) is 0 Å². The van der Waals surface area contributed by atoms with Gasteiger partial charge in [-0.15, -0.1) is 0 Å². The van der Waals surface area contributed by atoms with E-state index in [4.69, 9.17) is 26.1 Å². The SMILES string of the molecule is C[C@@H](Oc1ccc(Cl)nc1C(=O)O)c1cc(F)cc2c(=O)n(C3CC3)c(C3CCOCC3)nc12. The predicted molar refractivity (Wildman–Crippen MR) is 122 cm³/mol. The summed E-state index contributed by atoms with van der Waals surface area (Å²) >= 11 is 5.83. The lowest BCUT2D eigenvalue weighted by Crippen LogP contribution is -2.29. The maximum atomic E-state index is 14.7. The molecule has 5 rings (SSSR count). The van der Waals surface area contributed by atoms with Crippen molar-refractivity contribution in [3.63, 3.8) is 0 Å². The van der Waals surface area contributed by atoms with E-state index in [1.165, 1.54) is 24.3 Å². The summed E-state index contributed by atoms with van der Waals surface area (Å²) < 4.78 is 27.8. The lowest BCUT2D eigenvalue weighted by atomic mass is 9.98. The molecule has 1 saturated carbocycles. The number of rotatable bonds is 6. The van der Waals surface area contributed by atoms with E-state index in [0.29, 0.717) is 30.1 Å². The van der Waals surface area contributed by atoms with Crippen LogP contribution in [0.1, 0.15) is 72.5 Å². The van der Waals surface area contributed by atoms with E-state index < -0.39 is 17.9 Å². The highest BCUT2D eigenvalue weighted by molar-refractivity contribution is 6.29. The number of carboxylic acids is 1. The average Bonchev–Trinajstić information content (AvgIpc) is 3.65. The van der Waals surface area contributed by atoms with Crippen molar-refractivity contribution < 1.29 is 23.8 Å². The Kier molecular flexibility index (Phi) is 5.99. The Bertz CT molecular complexity index is 1330. The zero-order valence-electron chi connectivity index (χ0n) is 18.5. The number of fused-ring (bicyclic) bond motifs is 1. The normalized spacial score (nSPS) is 17.6. The molecule has 1 aromatic carbocycles. The molecule has 0 radical (unpaired) electrons. The molecule has 2 aromatic heterocycles. The number of benzene rings is 1. The van der Waals surface area contributed by atoms with Gasteiger partial charge in [0.1, 0.15) is 22.9 Å². The minimum Gasteiger partial charge on any atom is -0.483 e. The van der Waals surface area contributed by atoms with Gasteiger partial charge in [0.15, 0.2) is 11.4 Å². The summed E-state index contributed by atoms with van der Waals surface area (Å²) in [5, 5.41) is 9.66. The van der Waals surface area contributed by atoms with Crippen LogP contribution in [-0.4, -0.2) is 38.8 Å². The molecule has 8 nitrogen and oxygen atoms in total. The number of aromatic nitrogens is 3. The van der Waals surface area contributed by atoms with Crippen LogP contribution in [0, 0.1) is 5.82 Å². The topological polar surface area (TPSA) is 104 Å². The van der Waals surface area contributed by atoms with Crippen LogP contribution in [0.3, 0.4) is 0 Å². The van der Waals surface area contributed by atoms with Crippen molar-refractivity contribution >= 4 is 28.5 Å². The van der Waals surface area contributed by atoms with Crippen molar-refractivity contribution in [2.24, 2.45) is 0 Å². The van der Waals surface area contributed by atoms with Crippen LogP contribution >= 0.6 is 11.6 Å². The largest absolute Gasteiger partial charge is 0.483 e. The lowest BCUT2D eigenvalue weighted by molar-refractivity contribution is 0.0682. The van der Waals surface area contributed by atoms with Gasteiger partial charge in [0.05, 0.1) is 10.9 Å². The van der Waals surface area contributed by atoms with Gasteiger partial charge in [-0.3, -0.25) is 9.36 Å². The zero-order chi connectivity index (χ0) is 24.0. The number of carbonyl (C=O) groups is 1. The van der Waals surface area contributed by atoms with E-state index in [-0.39, 0.29) is 39.5 Å². The second-order valence-corrected chi connectivity index (χ2v) is 9.09. The molecule has 2 aliphatic rings. The lowest BCUT2D eigenvalue weighted by Gasteiger charge is -2.25. The molecule has 34 heavy (non-hydrogen) atoms. The van der Waals surface area contributed by atoms with Crippen molar-refractivity contribution in [3.05, 3.63) is 62.7 Å². The fourth-order valence-corrected chi connectivity index (χ4v) is 4.62. The number of halogens is 2. The maximum Gasteiger partial charge on any atom is 0.358 e. The smallest absolute Gasteiger partial charge is 0.358 e. The van der Waals surface area contributed by atoms with Gasteiger partial charge in [0.25, 0.3) is 5.56 Å². The van der Waals surface area contributed by atoms with Gasteiger partial charge in [-0.05, 0) is 56.9 Å².